The van der Waals surface area contributed by atoms with E-state index in [1.54, 1.807) is 0 Å². The molecule has 1 fully saturated rings. The van der Waals surface area contributed by atoms with Gasteiger partial charge in [-0.05, 0) is 12.8 Å². The van der Waals surface area contributed by atoms with E-state index >= 15 is 0 Å². The second kappa shape index (κ2) is 29.4. The number of aliphatic hydroxyl groups is 5. The van der Waals surface area contributed by atoms with Crippen molar-refractivity contribution in [2.75, 3.05) is 13.2 Å². The van der Waals surface area contributed by atoms with Crippen molar-refractivity contribution < 1.29 is 57.0 Å². The van der Waals surface area contributed by atoms with E-state index in [0.717, 1.165) is 51.4 Å². The van der Waals surface area contributed by atoms with Crippen molar-refractivity contribution in [2.24, 2.45) is 0 Å². The van der Waals surface area contributed by atoms with Gasteiger partial charge in [0.25, 0.3) is 0 Å². The highest BCUT2D eigenvalue weighted by molar-refractivity contribution is 7.80. The highest BCUT2D eigenvalue weighted by atomic mass is 32.3. The molecule has 1 rings (SSSR count). The molecule has 14 heteroatoms. The third-order valence-electron chi connectivity index (χ3n) is 9.77. The molecule has 0 aromatic carbocycles. The van der Waals surface area contributed by atoms with E-state index in [9.17, 15) is 38.7 Å². The van der Waals surface area contributed by atoms with Crippen molar-refractivity contribution in [2.45, 2.75) is 217 Å². The lowest BCUT2D eigenvalue weighted by molar-refractivity contribution is -0.298. The van der Waals surface area contributed by atoms with Gasteiger partial charge in [0.05, 0.1) is 25.4 Å². The molecule has 1 aliphatic heterocycles. The average molecular weight is 756 g/mol. The van der Waals surface area contributed by atoms with Crippen LogP contribution in [0.1, 0.15) is 168 Å². The Morgan fingerprint density at radius 2 is 1.14 bits per heavy atom. The molecule has 0 aliphatic carbocycles. The lowest BCUT2D eigenvalue weighted by Gasteiger charge is -2.41. The third-order valence-corrected chi connectivity index (χ3v) is 10.2. The van der Waals surface area contributed by atoms with Crippen LogP contribution in [0.2, 0.25) is 0 Å². The summed E-state index contributed by atoms with van der Waals surface area (Å²) in [6.07, 6.45) is 14.9. The van der Waals surface area contributed by atoms with Gasteiger partial charge in [-0.25, -0.2) is 4.18 Å². The van der Waals surface area contributed by atoms with Gasteiger partial charge >= 0.3 is 10.4 Å². The van der Waals surface area contributed by atoms with E-state index in [2.05, 4.69) is 23.3 Å². The van der Waals surface area contributed by atoms with Crippen LogP contribution in [-0.2, 0) is 28.9 Å². The van der Waals surface area contributed by atoms with Crippen LogP contribution >= 0.6 is 0 Å². The van der Waals surface area contributed by atoms with Gasteiger partial charge in [0.2, 0.25) is 5.91 Å². The summed E-state index contributed by atoms with van der Waals surface area (Å²) in [7, 11) is -5.10. The highest BCUT2D eigenvalue weighted by Gasteiger charge is 2.48. The number of unbranched alkanes of at least 4 members (excludes halogenated alkanes) is 20. The first-order valence-corrected chi connectivity index (χ1v) is 21.4. The highest BCUT2D eigenvalue weighted by Crippen LogP contribution is 2.26. The summed E-state index contributed by atoms with van der Waals surface area (Å²) in [6.45, 7) is 3.17. The summed E-state index contributed by atoms with van der Waals surface area (Å²) in [4.78, 5) is 13.0. The van der Waals surface area contributed by atoms with Crippen molar-refractivity contribution in [3.63, 3.8) is 0 Å². The maximum atomic E-state index is 13.0. The minimum absolute atomic E-state index is 0.264. The van der Waals surface area contributed by atoms with Crippen molar-refractivity contribution in [3.8, 4) is 0 Å². The molecule has 7 N–H and O–H groups in total. The van der Waals surface area contributed by atoms with Gasteiger partial charge in [0, 0.05) is 0 Å². The van der Waals surface area contributed by atoms with Gasteiger partial charge in [-0.3, -0.25) is 9.35 Å². The zero-order valence-electron chi connectivity index (χ0n) is 31.5. The number of nitrogens with one attached hydrogen (secondary N) is 1. The summed E-state index contributed by atoms with van der Waals surface area (Å²) in [5, 5.41) is 54.8. The van der Waals surface area contributed by atoms with Crippen LogP contribution in [0.3, 0.4) is 0 Å². The molecule has 13 nitrogen and oxygen atoms in total. The Bertz CT molecular complexity index is 958. The van der Waals surface area contributed by atoms with Crippen LogP contribution in [0.5, 0.6) is 0 Å². The monoisotopic (exact) mass is 755 g/mol. The van der Waals surface area contributed by atoms with E-state index in [-0.39, 0.29) is 6.42 Å². The molecule has 1 aliphatic rings. The van der Waals surface area contributed by atoms with E-state index in [1.807, 2.05) is 0 Å². The van der Waals surface area contributed by atoms with Crippen molar-refractivity contribution in [3.05, 3.63) is 0 Å². The van der Waals surface area contributed by atoms with E-state index in [4.69, 9.17) is 14.0 Å². The van der Waals surface area contributed by atoms with Crippen molar-refractivity contribution in [1.82, 2.24) is 5.32 Å². The van der Waals surface area contributed by atoms with Crippen molar-refractivity contribution in [1.29, 1.82) is 0 Å². The summed E-state index contributed by atoms with van der Waals surface area (Å²) in [5.41, 5.74) is 0. The minimum Gasteiger partial charge on any atom is -0.394 e. The fraction of sp³-hybridized carbons (Fsp3) is 0.973. The van der Waals surface area contributed by atoms with Crippen LogP contribution < -0.4 is 5.32 Å². The normalized spacial score (nSPS) is 22.9. The molecule has 51 heavy (non-hydrogen) atoms. The summed E-state index contributed by atoms with van der Waals surface area (Å²) in [6, 6.07) is -1.02. The van der Waals surface area contributed by atoms with Crippen LogP contribution in [0, 0.1) is 0 Å². The topological polar surface area (TPSA) is 212 Å². The van der Waals surface area contributed by atoms with Crippen LogP contribution in [0.15, 0.2) is 0 Å². The fourth-order valence-electron chi connectivity index (χ4n) is 6.52. The predicted molar refractivity (Wildman–Crippen MR) is 196 cm³/mol. The number of carbonyl (C=O) groups excluding carboxylic acids is 1. The molecule has 0 bridgehead atoms. The molecule has 1 amide bonds. The molecule has 0 aromatic rings. The first-order chi connectivity index (χ1) is 24.4. The van der Waals surface area contributed by atoms with Gasteiger partial charge in [-0.1, -0.05) is 155 Å². The molecule has 8 atom stereocenters. The standard InChI is InChI=1S/C37H73NO12S/c1-3-5-7-9-11-12-13-14-15-16-17-18-19-20-22-24-26-31(41)36(44)38-29(30(40)25-23-21-10-8-6-4-2)28-48-37-34(43)35(50-51(45,46)47)33(42)32(27-39)49-37/h29-35,37,39-43H,3-28H2,1-2H3,(H,38,44)(H,45,46,47). The Kier molecular flexibility index (Phi) is 27.7. The smallest absolute Gasteiger partial charge is 0.394 e. The van der Waals surface area contributed by atoms with Gasteiger partial charge < -0.3 is 40.3 Å². The number of amides is 1. The zero-order valence-corrected chi connectivity index (χ0v) is 32.4. The number of rotatable bonds is 33. The lowest BCUT2D eigenvalue weighted by Crippen LogP contribution is -2.61. The third kappa shape index (κ3) is 22.8. The maximum absolute atomic E-state index is 13.0. The summed E-state index contributed by atoms with van der Waals surface area (Å²) < 4.78 is 47.2. The van der Waals surface area contributed by atoms with Crippen LogP contribution in [0.4, 0.5) is 0 Å². The molecule has 1 heterocycles. The molecular weight excluding hydrogens is 682 g/mol. The predicted octanol–water partition coefficient (Wildman–Crippen LogP) is 5.24. The molecule has 0 saturated carbocycles. The van der Waals surface area contributed by atoms with E-state index in [0.29, 0.717) is 19.3 Å². The molecule has 8 unspecified atom stereocenters. The van der Waals surface area contributed by atoms with Gasteiger partial charge in [0.15, 0.2) is 6.29 Å². The lowest BCUT2D eigenvalue weighted by atomic mass is 9.99. The van der Waals surface area contributed by atoms with E-state index in [1.165, 1.54) is 77.0 Å². The molecule has 0 spiro atoms. The number of aliphatic hydroxyl groups excluding tert-OH is 5. The number of carbonyl (C=O) groups is 1. The number of ether oxygens (including phenoxy) is 2. The Morgan fingerprint density at radius 3 is 1.57 bits per heavy atom. The molecular formula is C37H73NO12S. The number of hydrogen-bond donors (Lipinski definition) is 7. The summed E-state index contributed by atoms with van der Waals surface area (Å²) in [5.74, 6) is -0.673. The maximum Gasteiger partial charge on any atom is 0.397 e. The Balaban J connectivity index is 2.52. The Morgan fingerprint density at radius 1 is 0.706 bits per heavy atom. The van der Waals surface area contributed by atoms with Crippen LogP contribution in [0.25, 0.3) is 0 Å². The summed E-state index contributed by atoms with van der Waals surface area (Å²) >= 11 is 0. The first kappa shape index (κ1) is 48.1. The van der Waals surface area contributed by atoms with Gasteiger partial charge in [-0.2, -0.15) is 8.42 Å². The van der Waals surface area contributed by atoms with Crippen molar-refractivity contribution >= 4 is 16.3 Å². The molecule has 304 valence electrons. The second-order valence-corrected chi connectivity index (χ2v) is 15.4. The van der Waals surface area contributed by atoms with Crippen LogP contribution in [-0.4, -0.2) is 107 Å². The SMILES string of the molecule is CCCCCCCCCCCCCCCCCCC(O)C(=O)NC(COC1OC(CO)C(O)C(OS(=O)(=O)O)C1O)C(O)CCCCCCCC. The molecule has 0 aromatic heterocycles. The minimum atomic E-state index is -5.10. The fourth-order valence-corrected chi connectivity index (χ4v) is 7.03. The molecule has 0 radical (unpaired) electrons. The van der Waals surface area contributed by atoms with Gasteiger partial charge in [0.1, 0.15) is 30.5 Å². The van der Waals surface area contributed by atoms with E-state index < -0.39 is 78.5 Å². The quantitative estimate of drug-likeness (QED) is 0.0339. The Labute approximate surface area is 308 Å². The Hall–Kier alpha value is -0.940. The second-order valence-electron chi connectivity index (χ2n) is 14.4. The average Bonchev–Trinajstić information content (AvgIpc) is 3.09. The first-order valence-electron chi connectivity index (χ1n) is 20.0. The molecule has 1 saturated heterocycles. The zero-order chi connectivity index (χ0) is 37.9. The number of hydrogen-bond acceptors (Lipinski definition) is 11. The van der Waals surface area contributed by atoms with Gasteiger partial charge in [-0.15, -0.1) is 0 Å². The largest absolute Gasteiger partial charge is 0.397 e.